The Morgan fingerprint density at radius 2 is 1.92 bits per heavy atom. The number of alkyl halides is 2. The number of rotatable bonds is 9. The van der Waals surface area contributed by atoms with Crippen LogP contribution < -0.4 is 5.32 Å². The summed E-state index contributed by atoms with van der Waals surface area (Å²) in [4.78, 5) is 24.4. The molecule has 1 aliphatic rings. The first kappa shape index (κ1) is 30.1. The number of aliphatic carboxylic acids is 1. The Hall–Kier alpha value is -3.44. The average Bonchev–Trinajstić information content (AvgIpc) is 3.32. The lowest BCUT2D eigenvalue weighted by molar-refractivity contribution is -0.143. The fourth-order valence-electron chi connectivity index (χ4n) is 5.30. The van der Waals surface area contributed by atoms with Crippen LogP contribution in [0.15, 0.2) is 30.3 Å². The predicted molar refractivity (Wildman–Crippen MR) is 139 cm³/mol. The van der Waals surface area contributed by atoms with Crippen LogP contribution in [0.1, 0.15) is 80.1 Å². The summed E-state index contributed by atoms with van der Waals surface area (Å²) >= 11 is 0. The van der Waals surface area contributed by atoms with E-state index >= 15 is 0 Å². The molecule has 4 rings (SSSR count). The molecule has 4 atom stereocenters. The maximum absolute atomic E-state index is 14.1. The van der Waals surface area contributed by atoms with Crippen molar-refractivity contribution in [1.82, 2.24) is 14.9 Å². The van der Waals surface area contributed by atoms with Gasteiger partial charge in [-0.1, -0.05) is 12.5 Å². The molecule has 0 spiro atoms. The minimum atomic E-state index is -2.95. The summed E-state index contributed by atoms with van der Waals surface area (Å²) in [5, 5.41) is 34.8. The van der Waals surface area contributed by atoms with Gasteiger partial charge in [0.05, 0.1) is 17.0 Å². The topological polar surface area (TPSA) is 125 Å². The lowest BCUT2D eigenvalue weighted by Crippen LogP contribution is -2.26. The molecule has 4 N–H and O–H groups in total. The fourth-order valence-corrected chi connectivity index (χ4v) is 5.30. The molecule has 0 radical (unpaired) electrons. The van der Waals surface area contributed by atoms with E-state index < -0.39 is 35.8 Å². The number of imidazole rings is 1. The number of carboxylic acids is 1. The molecule has 3 aromatic rings. The molecule has 0 aliphatic heterocycles. The number of carboxylic acid groups (broad SMARTS) is 1. The van der Waals surface area contributed by atoms with Gasteiger partial charge in [0.25, 0.3) is 6.43 Å². The van der Waals surface area contributed by atoms with E-state index in [1.54, 1.807) is 10.6 Å². The van der Waals surface area contributed by atoms with Gasteiger partial charge in [0.1, 0.15) is 30.3 Å². The molecule has 4 unspecified atom stereocenters. The first-order valence-corrected chi connectivity index (χ1v) is 12.8. The van der Waals surface area contributed by atoms with Gasteiger partial charge in [0.15, 0.2) is 0 Å². The molecule has 2 aromatic carbocycles. The third-order valence-corrected chi connectivity index (χ3v) is 7.47. The standard InChI is InChI=1S/C27H32F3N3O4.CH2O/c1-14(31-2)6-8-19-22(34)11-10-21-23(19)32-26(33(21)17-5-3-4-15(12-17)27(36)37)24(35)20-13-16(28)7-9-18(20)25(29)30;1-2/h7,9-11,13-15,17,24-25,31,34-35H,3-6,8,12H2,1-2H3,(H,36,37);1H2. The Morgan fingerprint density at radius 1 is 1.21 bits per heavy atom. The van der Waals surface area contributed by atoms with E-state index in [-0.39, 0.29) is 35.6 Å². The van der Waals surface area contributed by atoms with E-state index in [4.69, 9.17) is 4.79 Å². The third kappa shape index (κ3) is 6.42. The van der Waals surface area contributed by atoms with Gasteiger partial charge in [-0.15, -0.1) is 0 Å². The summed E-state index contributed by atoms with van der Waals surface area (Å²) in [6, 6.07) is 5.69. The van der Waals surface area contributed by atoms with Gasteiger partial charge in [0, 0.05) is 23.2 Å². The zero-order valence-corrected chi connectivity index (χ0v) is 21.9. The molecule has 1 heterocycles. The molecule has 1 fully saturated rings. The largest absolute Gasteiger partial charge is 0.508 e. The first-order valence-electron chi connectivity index (χ1n) is 12.8. The second-order valence-electron chi connectivity index (χ2n) is 9.83. The van der Waals surface area contributed by atoms with Crippen LogP contribution in [-0.4, -0.2) is 50.7 Å². The molecule has 1 saturated carbocycles. The van der Waals surface area contributed by atoms with Gasteiger partial charge < -0.3 is 30.0 Å². The van der Waals surface area contributed by atoms with Crippen LogP contribution >= 0.6 is 0 Å². The maximum atomic E-state index is 14.1. The predicted octanol–water partition coefficient (Wildman–Crippen LogP) is 5.07. The highest BCUT2D eigenvalue weighted by atomic mass is 19.3. The van der Waals surface area contributed by atoms with Crippen molar-refractivity contribution in [2.45, 2.75) is 70.1 Å². The molecular weight excluding hydrogens is 515 g/mol. The number of aliphatic hydroxyl groups is 1. The van der Waals surface area contributed by atoms with Gasteiger partial charge in [-0.25, -0.2) is 18.2 Å². The minimum absolute atomic E-state index is 0.0204. The SMILES string of the molecule is C=O.CNC(C)CCc1c(O)ccc2c1nc(C(O)c1cc(F)ccc1C(F)F)n2C1CCCC(C(=O)O)C1. The number of phenols is 1. The Morgan fingerprint density at radius 3 is 2.56 bits per heavy atom. The zero-order valence-electron chi connectivity index (χ0n) is 21.9. The Kier molecular flexibility index (Phi) is 10.1. The third-order valence-electron chi connectivity index (χ3n) is 7.47. The summed E-state index contributed by atoms with van der Waals surface area (Å²) in [7, 11) is 1.83. The van der Waals surface area contributed by atoms with Crippen molar-refractivity contribution in [1.29, 1.82) is 0 Å². The Labute approximate surface area is 224 Å². The van der Waals surface area contributed by atoms with Crippen molar-refractivity contribution in [3.8, 4) is 5.75 Å². The second kappa shape index (κ2) is 13.1. The van der Waals surface area contributed by atoms with Crippen molar-refractivity contribution < 1.29 is 38.1 Å². The fraction of sp³-hybridized carbons (Fsp3) is 0.464. The highest BCUT2D eigenvalue weighted by Gasteiger charge is 2.34. The van der Waals surface area contributed by atoms with E-state index in [1.807, 2.05) is 20.8 Å². The number of hydrogen-bond acceptors (Lipinski definition) is 6. The van der Waals surface area contributed by atoms with Crippen molar-refractivity contribution in [3.05, 3.63) is 58.7 Å². The number of nitrogens with one attached hydrogen (secondary N) is 1. The van der Waals surface area contributed by atoms with Crippen molar-refractivity contribution in [2.24, 2.45) is 5.92 Å². The number of carbonyl (C=O) groups excluding carboxylic acids is 1. The number of fused-ring (bicyclic) bond motifs is 1. The minimum Gasteiger partial charge on any atom is -0.508 e. The van der Waals surface area contributed by atoms with Crippen LogP contribution in [-0.2, 0) is 16.0 Å². The van der Waals surface area contributed by atoms with E-state index in [9.17, 15) is 33.3 Å². The van der Waals surface area contributed by atoms with E-state index in [0.717, 1.165) is 18.2 Å². The lowest BCUT2D eigenvalue weighted by Gasteiger charge is -2.30. The van der Waals surface area contributed by atoms with E-state index in [0.29, 0.717) is 48.7 Å². The number of hydrogen-bond donors (Lipinski definition) is 4. The monoisotopic (exact) mass is 549 g/mol. The second-order valence-corrected chi connectivity index (χ2v) is 9.83. The Bertz CT molecular complexity index is 1300. The smallest absolute Gasteiger partial charge is 0.306 e. The first-order chi connectivity index (χ1) is 18.6. The summed E-state index contributed by atoms with van der Waals surface area (Å²) in [5.74, 6) is -2.25. The van der Waals surface area contributed by atoms with Crippen LogP contribution in [0.4, 0.5) is 13.2 Å². The molecule has 212 valence electrons. The number of aromatic nitrogens is 2. The van der Waals surface area contributed by atoms with E-state index in [1.165, 1.54) is 6.07 Å². The molecule has 11 heteroatoms. The molecule has 0 bridgehead atoms. The number of benzene rings is 2. The number of carbonyl (C=O) groups is 2. The highest BCUT2D eigenvalue weighted by molar-refractivity contribution is 5.83. The molecule has 0 saturated heterocycles. The van der Waals surface area contributed by atoms with Gasteiger partial charge in [-0.3, -0.25) is 4.79 Å². The van der Waals surface area contributed by atoms with Crippen LogP contribution in [0, 0.1) is 11.7 Å². The van der Waals surface area contributed by atoms with Gasteiger partial charge in [-0.05, 0) is 75.9 Å². The van der Waals surface area contributed by atoms with Crippen LogP contribution in [0.2, 0.25) is 0 Å². The van der Waals surface area contributed by atoms with Crippen molar-refractivity contribution >= 4 is 23.8 Å². The van der Waals surface area contributed by atoms with Gasteiger partial charge in [-0.2, -0.15) is 0 Å². The summed E-state index contributed by atoms with van der Waals surface area (Å²) < 4.78 is 43.4. The number of halogens is 3. The molecule has 1 aliphatic carbocycles. The molecule has 8 nitrogen and oxygen atoms in total. The van der Waals surface area contributed by atoms with Gasteiger partial charge in [0.2, 0.25) is 0 Å². The average molecular weight is 550 g/mol. The highest BCUT2D eigenvalue weighted by Crippen LogP contribution is 2.41. The Balaban J connectivity index is 0.00000205. The van der Waals surface area contributed by atoms with Gasteiger partial charge >= 0.3 is 5.97 Å². The summed E-state index contributed by atoms with van der Waals surface area (Å²) in [5.41, 5.74) is 0.706. The normalized spacial score (nSPS) is 18.9. The van der Waals surface area contributed by atoms with Crippen LogP contribution in [0.3, 0.4) is 0 Å². The molecule has 39 heavy (non-hydrogen) atoms. The number of aliphatic hydroxyl groups excluding tert-OH is 1. The lowest BCUT2D eigenvalue weighted by atomic mass is 9.85. The number of aryl methyl sites for hydroxylation is 1. The van der Waals surface area contributed by atoms with Crippen molar-refractivity contribution in [2.75, 3.05) is 7.05 Å². The molecule has 0 amide bonds. The number of nitrogens with zero attached hydrogens (tertiary/aromatic N) is 2. The summed E-state index contributed by atoms with van der Waals surface area (Å²) in [6.45, 7) is 3.99. The van der Waals surface area contributed by atoms with Crippen LogP contribution in [0.25, 0.3) is 11.0 Å². The molecule has 1 aromatic heterocycles. The quantitative estimate of drug-likeness (QED) is 0.294. The number of phenolic OH excluding ortho intramolecular Hbond substituents is 1. The molecular formula is C28H34F3N3O5. The van der Waals surface area contributed by atoms with Crippen molar-refractivity contribution in [3.63, 3.8) is 0 Å². The van der Waals surface area contributed by atoms with E-state index in [2.05, 4.69) is 10.3 Å². The number of aromatic hydroxyl groups is 1. The zero-order chi connectivity index (χ0) is 28.9. The summed E-state index contributed by atoms with van der Waals surface area (Å²) in [6.07, 6.45) is -1.47. The van der Waals surface area contributed by atoms with Crippen LogP contribution in [0.5, 0.6) is 5.75 Å². The maximum Gasteiger partial charge on any atom is 0.306 e.